The first-order valence-corrected chi connectivity index (χ1v) is 8.65. The molecule has 0 radical (unpaired) electrons. The number of hydrogen-bond donors (Lipinski definition) is 0. The molecule has 118 valence electrons. The van der Waals surface area contributed by atoms with Crippen molar-refractivity contribution in [1.82, 2.24) is 0 Å². The standard InChI is InChI=1S/C16H18ClNO3S/c1-4-18(16-11-13(17)6-5-12(16)2)22(19,20)15-9-7-14(21-3)8-10-15/h5-11H,4H2,1-3H3. The smallest absolute Gasteiger partial charge is 0.264 e. The molecule has 4 nitrogen and oxygen atoms in total. The highest BCUT2D eigenvalue weighted by atomic mass is 35.5. The summed E-state index contributed by atoms with van der Waals surface area (Å²) in [4.78, 5) is 0.217. The van der Waals surface area contributed by atoms with Crippen molar-refractivity contribution in [3.05, 3.63) is 53.1 Å². The fraction of sp³-hybridized carbons (Fsp3) is 0.250. The van der Waals surface area contributed by atoms with Gasteiger partial charge in [0.05, 0.1) is 17.7 Å². The lowest BCUT2D eigenvalue weighted by Crippen LogP contribution is -2.31. The van der Waals surface area contributed by atoms with E-state index in [-0.39, 0.29) is 4.90 Å². The zero-order chi connectivity index (χ0) is 16.3. The van der Waals surface area contributed by atoms with Crippen LogP contribution in [-0.4, -0.2) is 22.1 Å². The number of hydrogen-bond acceptors (Lipinski definition) is 3. The van der Waals surface area contributed by atoms with Crippen molar-refractivity contribution in [2.24, 2.45) is 0 Å². The zero-order valence-corrected chi connectivity index (χ0v) is 14.3. The Hall–Kier alpha value is -1.72. The molecule has 0 spiro atoms. The third kappa shape index (κ3) is 3.20. The number of ether oxygens (including phenoxy) is 1. The summed E-state index contributed by atoms with van der Waals surface area (Å²) >= 11 is 6.02. The fourth-order valence-electron chi connectivity index (χ4n) is 2.20. The van der Waals surface area contributed by atoms with Gasteiger partial charge in [-0.05, 0) is 55.8 Å². The zero-order valence-electron chi connectivity index (χ0n) is 12.7. The third-order valence-corrected chi connectivity index (χ3v) is 5.51. The molecule has 6 heteroatoms. The van der Waals surface area contributed by atoms with Gasteiger partial charge in [0.1, 0.15) is 5.75 Å². The Morgan fingerprint density at radius 3 is 2.32 bits per heavy atom. The van der Waals surface area contributed by atoms with E-state index >= 15 is 0 Å². The molecule has 0 atom stereocenters. The number of nitrogens with zero attached hydrogens (tertiary/aromatic N) is 1. The van der Waals surface area contributed by atoms with Crippen LogP contribution in [0.2, 0.25) is 5.02 Å². The van der Waals surface area contributed by atoms with Gasteiger partial charge in [0.25, 0.3) is 10.0 Å². The molecule has 0 fully saturated rings. The molecule has 0 aromatic heterocycles. The Bertz CT molecular complexity index is 757. The van der Waals surface area contributed by atoms with Crippen LogP contribution in [-0.2, 0) is 10.0 Å². The van der Waals surface area contributed by atoms with Gasteiger partial charge in [0.15, 0.2) is 0 Å². The Kier molecular flexibility index (Phi) is 4.98. The van der Waals surface area contributed by atoms with E-state index in [4.69, 9.17) is 16.3 Å². The quantitative estimate of drug-likeness (QED) is 0.830. The van der Waals surface area contributed by atoms with Crippen molar-refractivity contribution >= 4 is 27.3 Å². The second kappa shape index (κ2) is 6.58. The van der Waals surface area contributed by atoms with Crippen molar-refractivity contribution in [2.75, 3.05) is 18.0 Å². The maximum Gasteiger partial charge on any atom is 0.264 e. The van der Waals surface area contributed by atoms with Crippen LogP contribution in [0.1, 0.15) is 12.5 Å². The molecule has 0 aliphatic carbocycles. The highest BCUT2D eigenvalue weighted by molar-refractivity contribution is 7.92. The maximum absolute atomic E-state index is 12.9. The molecular formula is C16H18ClNO3S. The normalized spacial score (nSPS) is 11.3. The van der Waals surface area contributed by atoms with E-state index in [0.717, 1.165) is 5.56 Å². The second-order valence-corrected chi connectivity index (χ2v) is 7.07. The summed E-state index contributed by atoms with van der Waals surface area (Å²) in [6.07, 6.45) is 0. The molecule has 2 aromatic carbocycles. The lowest BCUT2D eigenvalue weighted by molar-refractivity contribution is 0.414. The molecule has 0 bridgehead atoms. The minimum atomic E-state index is -3.65. The molecule has 0 aliphatic rings. The first-order valence-electron chi connectivity index (χ1n) is 6.83. The molecular weight excluding hydrogens is 322 g/mol. The summed E-state index contributed by atoms with van der Waals surface area (Å²) < 4.78 is 32.2. The Morgan fingerprint density at radius 2 is 1.77 bits per heavy atom. The summed E-state index contributed by atoms with van der Waals surface area (Å²) in [6, 6.07) is 11.6. The van der Waals surface area contributed by atoms with Crippen molar-refractivity contribution in [1.29, 1.82) is 0 Å². The molecule has 0 amide bonds. The van der Waals surface area contributed by atoms with Crippen molar-refractivity contribution in [2.45, 2.75) is 18.7 Å². The predicted molar refractivity (Wildman–Crippen MR) is 89.4 cm³/mol. The molecule has 0 unspecified atom stereocenters. The number of halogens is 1. The van der Waals surface area contributed by atoms with Crippen LogP contribution in [0.4, 0.5) is 5.69 Å². The lowest BCUT2D eigenvalue weighted by atomic mass is 10.2. The molecule has 0 aliphatic heterocycles. The van der Waals surface area contributed by atoms with Crippen LogP contribution in [0.5, 0.6) is 5.75 Å². The number of aryl methyl sites for hydroxylation is 1. The van der Waals surface area contributed by atoms with E-state index in [1.165, 1.54) is 23.5 Å². The highest BCUT2D eigenvalue weighted by Gasteiger charge is 2.24. The summed E-state index contributed by atoms with van der Waals surface area (Å²) in [6.45, 7) is 3.97. The monoisotopic (exact) mass is 339 g/mol. The number of methoxy groups -OCH3 is 1. The predicted octanol–water partition coefficient (Wildman–Crippen LogP) is 3.87. The fourth-order valence-corrected chi connectivity index (χ4v) is 3.89. The topological polar surface area (TPSA) is 46.6 Å². The second-order valence-electron chi connectivity index (χ2n) is 4.78. The largest absolute Gasteiger partial charge is 0.497 e. The van der Waals surface area contributed by atoms with Crippen LogP contribution in [0, 0.1) is 6.92 Å². The molecule has 0 saturated carbocycles. The van der Waals surface area contributed by atoms with Crippen molar-refractivity contribution in [3.63, 3.8) is 0 Å². The SMILES string of the molecule is CCN(c1cc(Cl)ccc1C)S(=O)(=O)c1ccc(OC)cc1. The van der Waals surface area contributed by atoms with Crippen LogP contribution in [0.15, 0.2) is 47.4 Å². The van der Waals surface area contributed by atoms with Gasteiger partial charge in [0, 0.05) is 11.6 Å². The minimum Gasteiger partial charge on any atom is -0.497 e. The van der Waals surface area contributed by atoms with Crippen LogP contribution in [0.3, 0.4) is 0 Å². The summed E-state index contributed by atoms with van der Waals surface area (Å²) in [5.41, 5.74) is 1.44. The van der Waals surface area contributed by atoms with Gasteiger partial charge in [-0.15, -0.1) is 0 Å². The lowest BCUT2D eigenvalue weighted by Gasteiger charge is -2.25. The number of rotatable bonds is 5. The molecule has 2 aromatic rings. The van der Waals surface area contributed by atoms with E-state index in [1.54, 1.807) is 31.2 Å². The number of sulfonamides is 1. The first-order chi connectivity index (χ1) is 10.4. The van der Waals surface area contributed by atoms with Crippen LogP contribution in [0.25, 0.3) is 0 Å². The van der Waals surface area contributed by atoms with Crippen molar-refractivity contribution < 1.29 is 13.2 Å². The van der Waals surface area contributed by atoms with E-state index in [0.29, 0.717) is 23.0 Å². The van der Waals surface area contributed by atoms with E-state index in [1.807, 2.05) is 13.0 Å². The van der Waals surface area contributed by atoms with Crippen molar-refractivity contribution in [3.8, 4) is 5.75 Å². The molecule has 22 heavy (non-hydrogen) atoms. The van der Waals surface area contributed by atoms with Crippen LogP contribution >= 0.6 is 11.6 Å². The molecule has 0 N–H and O–H groups in total. The van der Waals surface area contributed by atoms with Gasteiger partial charge in [-0.3, -0.25) is 4.31 Å². The molecule has 0 heterocycles. The third-order valence-electron chi connectivity index (χ3n) is 3.37. The Morgan fingerprint density at radius 1 is 1.14 bits per heavy atom. The van der Waals surface area contributed by atoms with E-state index in [2.05, 4.69) is 0 Å². The summed E-state index contributed by atoms with van der Waals surface area (Å²) in [5, 5.41) is 0.504. The van der Waals surface area contributed by atoms with Gasteiger partial charge in [-0.1, -0.05) is 17.7 Å². The molecule has 0 saturated heterocycles. The Labute approximate surface area is 136 Å². The van der Waals surface area contributed by atoms with Crippen LogP contribution < -0.4 is 9.04 Å². The summed E-state index contributed by atoms with van der Waals surface area (Å²) in [7, 11) is -2.11. The van der Waals surface area contributed by atoms with E-state index in [9.17, 15) is 8.42 Å². The number of benzene rings is 2. The van der Waals surface area contributed by atoms with Gasteiger partial charge in [0.2, 0.25) is 0 Å². The van der Waals surface area contributed by atoms with Gasteiger partial charge in [-0.25, -0.2) is 8.42 Å². The Balaban J connectivity index is 2.50. The van der Waals surface area contributed by atoms with Gasteiger partial charge in [-0.2, -0.15) is 0 Å². The van der Waals surface area contributed by atoms with Gasteiger partial charge < -0.3 is 4.74 Å². The maximum atomic E-state index is 12.9. The average Bonchev–Trinajstić information content (AvgIpc) is 2.51. The minimum absolute atomic E-state index is 0.217. The number of anilines is 1. The highest BCUT2D eigenvalue weighted by Crippen LogP contribution is 2.29. The molecule has 2 rings (SSSR count). The van der Waals surface area contributed by atoms with Gasteiger partial charge >= 0.3 is 0 Å². The summed E-state index contributed by atoms with van der Waals surface area (Å²) in [5.74, 6) is 0.612. The first kappa shape index (κ1) is 16.6. The van der Waals surface area contributed by atoms with E-state index < -0.39 is 10.0 Å². The average molecular weight is 340 g/mol.